The standard InChI is InChI=1S/C13H16N4O4/c14-9-10-11(17(20)21)6-7-12(16-10)15-8-4-2-1-3-5-13(18)19/h6-7H,1-5,8H2,(H,15,16)(H,18,19). The van der Waals surface area contributed by atoms with Crippen LogP contribution < -0.4 is 5.32 Å². The van der Waals surface area contributed by atoms with Gasteiger partial charge in [0.2, 0.25) is 5.69 Å². The van der Waals surface area contributed by atoms with Crippen molar-refractivity contribution < 1.29 is 14.8 Å². The van der Waals surface area contributed by atoms with Crippen molar-refractivity contribution in [2.45, 2.75) is 32.1 Å². The van der Waals surface area contributed by atoms with Crippen LogP contribution in [0.15, 0.2) is 12.1 Å². The summed E-state index contributed by atoms with van der Waals surface area (Å²) in [5.74, 6) is -0.366. The Morgan fingerprint density at radius 2 is 2.10 bits per heavy atom. The maximum Gasteiger partial charge on any atom is 0.305 e. The van der Waals surface area contributed by atoms with E-state index in [9.17, 15) is 14.9 Å². The molecule has 8 nitrogen and oxygen atoms in total. The minimum atomic E-state index is -0.785. The predicted octanol–water partition coefficient (Wildman–Crippen LogP) is 2.31. The fourth-order valence-corrected chi connectivity index (χ4v) is 1.75. The molecule has 0 aromatic carbocycles. The topological polar surface area (TPSA) is 129 Å². The van der Waals surface area contributed by atoms with Crippen molar-refractivity contribution in [2.75, 3.05) is 11.9 Å². The molecule has 0 aliphatic heterocycles. The van der Waals surface area contributed by atoms with E-state index in [0.717, 1.165) is 19.3 Å². The molecule has 0 atom stereocenters. The molecular weight excluding hydrogens is 276 g/mol. The van der Waals surface area contributed by atoms with Gasteiger partial charge in [-0.25, -0.2) is 4.98 Å². The maximum absolute atomic E-state index is 10.7. The molecule has 112 valence electrons. The predicted molar refractivity (Wildman–Crippen MR) is 74.8 cm³/mol. The average Bonchev–Trinajstić information content (AvgIpc) is 2.45. The van der Waals surface area contributed by atoms with Gasteiger partial charge in [0, 0.05) is 19.0 Å². The molecule has 1 heterocycles. The lowest BCUT2D eigenvalue weighted by Gasteiger charge is -2.05. The van der Waals surface area contributed by atoms with Crippen LogP contribution in [0, 0.1) is 21.4 Å². The van der Waals surface area contributed by atoms with Crippen LogP contribution in [-0.2, 0) is 4.79 Å². The third-order valence-corrected chi connectivity index (χ3v) is 2.80. The number of hydrogen-bond acceptors (Lipinski definition) is 6. The van der Waals surface area contributed by atoms with Crippen LogP contribution in [0.4, 0.5) is 11.5 Å². The Kier molecular flexibility index (Phi) is 6.60. The van der Waals surface area contributed by atoms with E-state index in [-0.39, 0.29) is 17.8 Å². The molecule has 21 heavy (non-hydrogen) atoms. The minimum Gasteiger partial charge on any atom is -0.481 e. The molecule has 0 radical (unpaired) electrons. The summed E-state index contributed by atoms with van der Waals surface area (Å²) >= 11 is 0. The van der Waals surface area contributed by atoms with Gasteiger partial charge in [-0.15, -0.1) is 0 Å². The quantitative estimate of drug-likeness (QED) is 0.405. The van der Waals surface area contributed by atoms with Crippen molar-refractivity contribution in [1.29, 1.82) is 5.26 Å². The van der Waals surface area contributed by atoms with Gasteiger partial charge < -0.3 is 10.4 Å². The Balaban J connectivity index is 2.35. The van der Waals surface area contributed by atoms with Gasteiger partial charge >= 0.3 is 11.7 Å². The molecule has 0 spiro atoms. The number of nitro groups is 1. The fraction of sp³-hybridized carbons (Fsp3) is 0.462. The first-order chi connectivity index (χ1) is 10.0. The molecule has 1 rings (SSSR count). The highest BCUT2D eigenvalue weighted by molar-refractivity contribution is 5.66. The lowest BCUT2D eigenvalue weighted by Crippen LogP contribution is -2.05. The van der Waals surface area contributed by atoms with Crippen LogP contribution in [-0.4, -0.2) is 27.5 Å². The van der Waals surface area contributed by atoms with E-state index in [1.807, 2.05) is 0 Å². The van der Waals surface area contributed by atoms with E-state index in [1.165, 1.54) is 12.1 Å². The molecule has 1 aromatic heterocycles. The number of aliphatic carboxylic acids is 1. The first kappa shape index (κ1) is 16.4. The van der Waals surface area contributed by atoms with Gasteiger partial charge in [0.05, 0.1) is 4.92 Å². The van der Waals surface area contributed by atoms with Gasteiger partial charge in [0.15, 0.2) is 0 Å². The lowest BCUT2D eigenvalue weighted by molar-refractivity contribution is -0.385. The van der Waals surface area contributed by atoms with Crippen LogP contribution in [0.1, 0.15) is 37.8 Å². The number of carboxylic acid groups (broad SMARTS) is 1. The number of unbranched alkanes of at least 4 members (excludes halogenated alkanes) is 3. The number of nitriles is 1. The number of hydrogen-bond donors (Lipinski definition) is 2. The Bertz CT molecular complexity index is 554. The normalized spacial score (nSPS) is 9.86. The zero-order valence-corrected chi connectivity index (χ0v) is 11.4. The van der Waals surface area contributed by atoms with Crippen LogP contribution in [0.25, 0.3) is 0 Å². The number of pyridine rings is 1. The second kappa shape index (κ2) is 8.47. The number of carboxylic acids is 1. The summed E-state index contributed by atoms with van der Waals surface area (Å²) in [7, 11) is 0. The number of nitrogens with zero attached hydrogens (tertiary/aromatic N) is 3. The summed E-state index contributed by atoms with van der Waals surface area (Å²) in [6.45, 7) is 0.614. The Morgan fingerprint density at radius 1 is 1.38 bits per heavy atom. The van der Waals surface area contributed by atoms with Crippen LogP contribution >= 0.6 is 0 Å². The number of aromatic nitrogens is 1. The second-order valence-corrected chi connectivity index (χ2v) is 4.42. The maximum atomic E-state index is 10.7. The highest BCUT2D eigenvalue weighted by atomic mass is 16.6. The van der Waals surface area contributed by atoms with Crippen molar-refractivity contribution >= 4 is 17.5 Å². The molecule has 1 aromatic rings. The second-order valence-electron chi connectivity index (χ2n) is 4.42. The van der Waals surface area contributed by atoms with Crippen molar-refractivity contribution in [2.24, 2.45) is 0 Å². The largest absolute Gasteiger partial charge is 0.481 e. The van der Waals surface area contributed by atoms with Crippen LogP contribution in [0.2, 0.25) is 0 Å². The van der Waals surface area contributed by atoms with Gasteiger partial charge in [-0.2, -0.15) is 5.26 Å². The summed E-state index contributed by atoms with van der Waals surface area (Å²) < 4.78 is 0. The zero-order chi connectivity index (χ0) is 15.7. The molecule has 0 fully saturated rings. The lowest BCUT2D eigenvalue weighted by atomic mass is 10.1. The van der Waals surface area contributed by atoms with E-state index < -0.39 is 10.9 Å². The summed E-state index contributed by atoms with van der Waals surface area (Å²) in [4.78, 5) is 24.2. The van der Waals surface area contributed by atoms with Crippen LogP contribution in [0.5, 0.6) is 0 Å². The minimum absolute atomic E-state index is 0.183. The monoisotopic (exact) mass is 292 g/mol. The van der Waals surface area contributed by atoms with Crippen molar-refractivity contribution in [3.05, 3.63) is 27.9 Å². The smallest absolute Gasteiger partial charge is 0.305 e. The highest BCUT2D eigenvalue weighted by Gasteiger charge is 2.15. The van der Waals surface area contributed by atoms with E-state index in [0.29, 0.717) is 18.8 Å². The van der Waals surface area contributed by atoms with Crippen molar-refractivity contribution in [3.8, 4) is 6.07 Å². The Hall–Kier alpha value is -2.69. The first-order valence-corrected chi connectivity index (χ1v) is 6.56. The van der Waals surface area contributed by atoms with E-state index >= 15 is 0 Å². The van der Waals surface area contributed by atoms with Crippen LogP contribution in [0.3, 0.4) is 0 Å². The molecule has 0 unspecified atom stereocenters. The highest BCUT2D eigenvalue weighted by Crippen LogP contribution is 2.18. The summed E-state index contributed by atoms with van der Waals surface area (Å²) in [6, 6.07) is 4.41. The number of rotatable bonds is 9. The Morgan fingerprint density at radius 3 is 2.71 bits per heavy atom. The summed E-state index contributed by atoms with van der Waals surface area (Å²) in [6.07, 6.45) is 3.40. The molecule has 0 saturated heterocycles. The van der Waals surface area contributed by atoms with Gasteiger partial charge in [0.1, 0.15) is 11.9 Å². The van der Waals surface area contributed by atoms with Gasteiger partial charge in [-0.3, -0.25) is 14.9 Å². The van der Waals surface area contributed by atoms with Gasteiger partial charge in [-0.1, -0.05) is 12.8 Å². The average molecular weight is 292 g/mol. The van der Waals surface area contributed by atoms with Gasteiger partial charge in [0.25, 0.3) is 0 Å². The Labute approximate surface area is 121 Å². The molecule has 2 N–H and O–H groups in total. The van der Waals surface area contributed by atoms with Gasteiger partial charge in [-0.05, 0) is 18.9 Å². The molecule has 0 saturated carbocycles. The van der Waals surface area contributed by atoms with Crippen molar-refractivity contribution in [3.63, 3.8) is 0 Å². The third-order valence-electron chi connectivity index (χ3n) is 2.80. The number of nitrogens with one attached hydrogen (secondary N) is 1. The summed E-state index contributed by atoms with van der Waals surface area (Å²) in [5, 5.41) is 30.9. The number of anilines is 1. The molecule has 0 aliphatic carbocycles. The van der Waals surface area contributed by atoms with Crippen molar-refractivity contribution in [1.82, 2.24) is 4.98 Å². The van der Waals surface area contributed by atoms with E-state index in [2.05, 4.69) is 10.3 Å². The first-order valence-electron chi connectivity index (χ1n) is 6.56. The summed E-state index contributed by atoms with van der Waals surface area (Å²) in [5.41, 5.74) is -0.525. The molecule has 8 heteroatoms. The SMILES string of the molecule is N#Cc1nc(NCCCCCCC(=O)O)ccc1[N+](=O)[O-]. The van der Waals surface area contributed by atoms with E-state index in [1.54, 1.807) is 6.07 Å². The third kappa shape index (κ3) is 5.86. The fourth-order valence-electron chi connectivity index (χ4n) is 1.75. The number of carbonyl (C=O) groups is 1. The molecule has 0 bridgehead atoms. The van der Waals surface area contributed by atoms with E-state index in [4.69, 9.17) is 10.4 Å². The zero-order valence-electron chi connectivity index (χ0n) is 11.4. The molecule has 0 aliphatic rings. The molecular formula is C13H16N4O4. The molecule has 0 amide bonds.